The number of halogens is 1. The lowest BCUT2D eigenvalue weighted by Crippen LogP contribution is -2.42. The molecule has 3 nitrogen and oxygen atoms in total. The fourth-order valence-corrected chi connectivity index (χ4v) is 2.12. The van der Waals surface area contributed by atoms with E-state index >= 15 is 0 Å². The van der Waals surface area contributed by atoms with Gasteiger partial charge in [-0.25, -0.2) is 0 Å². The molecule has 82 valence electrons. The van der Waals surface area contributed by atoms with E-state index in [1.165, 1.54) is 0 Å². The van der Waals surface area contributed by atoms with E-state index in [9.17, 15) is 5.11 Å². The molecule has 1 aliphatic heterocycles. The molecule has 0 spiro atoms. The molecule has 0 aromatic carbocycles. The van der Waals surface area contributed by atoms with E-state index < -0.39 is 0 Å². The minimum atomic E-state index is -0.269. The third-order valence-corrected chi connectivity index (χ3v) is 2.66. The number of nitrogens with one attached hydrogen (secondary N) is 1. The van der Waals surface area contributed by atoms with Gasteiger partial charge in [0.15, 0.2) is 0 Å². The molecule has 1 aliphatic rings. The number of likely N-dealkylation sites (tertiary alicyclic amines) is 1. The normalized spacial score (nSPS) is 27.5. The Balaban J connectivity index is 2.63. The number of alkyl halides is 1. The molecule has 1 saturated heterocycles. The van der Waals surface area contributed by atoms with Gasteiger partial charge in [0.2, 0.25) is 0 Å². The van der Waals surface area contributed by atoms with Crippen molar-refractivity contribution in [2.24, 2.45) is 0 Å². The van der Waals surface area contributed by atoms with E-state index in [-0.39, 0.29) is 17.1 Å². The SMILES string of the molecule is C=C(NC(C)Cl)N1CC(O)CC1(C)C. The summed E-state index contributed by atoms with van der Waals surface area (Å²) < 4.78 is 0. The Labute approximate surface area is 90.7 Å². The number of rotatable bonds is 3. The maximum Gasteiger partial charge on any atom is 0.0995 e. The molecule has 0 saturated carbocycles. The van der Waals surface area contributed by atoms with E-state index in [0.717, 1.165) is 12.2 Å². The molecular weight excluding hydrogens is 200 g/mol. The number of hydrogen-bond donors (Lipinski definition) is 2. The summed E-state index contributed by atoms with van der Waals surface area (Å²) in [5, 5.41) is 12.6. The number of aliphatic hydroxyl groups excluding tert-OH is 1. The summed E-state index contributed by atoms with van der Waals surface area (Å²) in [6.07, 6.45) is 0.499. The van der Waals surface area contributed by atoms with Gasteiger partial charge in [0.05, 0.1) is 17.4 Å². The van der Waals surface area contributed by atoms with Crippen molar-refractivity contribution in [1.29, 1.82) is 0 Å². The summed E-state index contributed by atoms with van der Waals surface area (Å²) in [5.74, 6) is 0.786. The number of β-amino-alcohol motifs (C(OH)–C–C–N with tert-alkyl or cyclic N) is 1. The average Bonchev–Trinajstić information content (AvgIpc) is 2.22. The van der Waals surface area contributed by atoms with Gasteiger partial charge in [-0.3, -0.25) is 0 Å². The summed E-state index contributed by atoms with van der Waals surface area (Å²) in [4.78, 5) is 2.07. The molecule has 2 atom stereocenters. The minimum absolute atomic E-state index is 0.0464. The first kappa shape index (κ1) is 11.7. The quantitative estimate of drug-likeness (QED) is 0.557. The Bertz CT molecular complexity index is 228. The predicted molar refractivity (Wildman–Crippen MR) is 59.0 cm³/mol. The molecule has 0 aromatic heterocycles. The van der Waals surface area contributed by atoms with Crippen LogP contribution < -0.4 is 5.32 Å². The lowest BCUT2D eigenvalue weighted by atomic mass is 10.0. The van der Waals surface area contributed by atoms with Crippen molar-refractivity contribution >= 4 is 11.6 Å². The number of hydrogen-bond acceptors (Lipinski definition) is 3. The third kappa shape index (κ3) is 2.55. The Hall–Kier alpha value is -0.410. The van der Waals surface area contributed by atoms with Gasteiger partial charge in [0.25, 0.3) is 0 Å². The van der Waals surface area contributed by atoms with Crippen molar-refractivity contribution in [1.82, 2.24) is 10.2 Å². The van der Waals surface area contributed by atoms with Crippen molar-refractivity contribution in [2.75, 3.05) is 6.54 Å². The van der Waals surface area contributed by atoms with Gasteiger partial charge in [-0.15, -0.1) is 0 Å². The van der Waals surface area contributed by atoms with Crippen LogP contribution in [0.5, 0.6) is 0 Å². The van der Waals surface area contributed by atoms with Gasteiger partial charge < -0.3 is 15.3 Å². The van der Waals surface area contributed by atoms with Crippen LogP contribution in [0.1, 0.15) is 27.2 Å². The second kappa shape index (κ2) is 3.99. The van der Waals surface area contributed by atoms with Crippen LogP contribution >= 0.6 is 11.6 Å². The molecule has 1 heterocycles. The van der Waals surface area contributed by atoms with Crippen LogP contribution in [0, 0.1) is 0 Å². The maximum absolute atomic E-state index is 9.57. The van der Waals surface area contributed by atoms with E-state index in [4.69, 9.17) is 11.6 Å². The monoisotopic (exact) mass is 218 g/mol. The maximum atomic E-state index is 9.57. The molecule has 0 bridgehead atoms. The zero-order chi connectivity index (χ0) is 10.9. The van der Waals surface area contributed by atoms with Crippen LogP contribution in [0.2, 0.25) is 0 Å². The van der Waals surface area contributed by atoms with Crippen molar-refractivity contribution in [3.05, 3.63) is 12.4 Å². The number of aliphatic hydroxyl groups is 1. The molecule has 4 heteroatoms. The van der Waals surface area contributed by atoms with Crippen LogP contribution in [0.3, 0.4) is 0 Å². The van der Waals surface area contributed by atoms with Gasteiger partial charge in [-0.05, 0) is 27.2 Å². The van der Waals surface area contributed by atoms with Crippen molar-refractivity contribution in [2.45, 2.75) is 44.3 Å². The molecular formula is C10H19ClN2O. The molecule has 0 amide bonds. The standard InChI is InChI=1S/C10H19ClN2O/c1-7(11)12-8(2)13-6-9(14)5-10(13,3)4/h7,9,12,14H,2,5-6H2,1,3-4H3. The topological polar surface area (TPSA) is 35.5 Å². The minimum Gasteiger partial charge on any atom is -0.391 e. The zero-order valence-electron chi connectivity index (χ0n) is 9.05. The summed E-state index contributed by atoms with van der Waals surface area (Å²) >= 11 is 5.82. The van der Waals surface area contributed by atoms with Crippen LogP contribution in [0.4, 0.5) is 0 Å². The van der Waals surface area contributed by atoms with Gasteiger partial charge in [-0.2, -0.15) is 0 Å². The average molecular weight is 219 g/mol. The van der Waals surface area contributed by atoms with E-state index in [1.54, 1.807) is 0 Å². The fraction of sp³-hybridized carbons (Fsp3) is 0.800. The second-order valence-electron chi connectivity index (χ2n) is 4.49. The molecule has 14 heavy (non-hydrogen) atoms. The van der Waals surface area contributed by atoms with Crippen LogP contribution in [-0.2, 0) is 0 Å². The smallest absolute Gasteiger partial charge is 0.0995 e. The first-order chi connectivity index (χ1) is 6.33. The van der Waals surface area contributed by atoms with Crippen LogP contribution in [0.25, 0.3) is 0 Å². The Morgan fingerprint density at radius 1 is 1.71 bits per heavy atom. The highest BCUT2D eigenvalue weighted by atomic mass is 35.5. The third-order valence-electron chi connectivity index (χ3n) is 2.55. The molecule has 0 aromatic rings. The summed E-state index contributed by atoms with van der Waals surface area (Å²) in [6.45, 7) is 10.6. The molecule has 0 aliphatic carbocycles. The van der Waals surface area contributed by atoms with E-state index in [0.29, 0.717) is 6.54 Å². The lowest BCUT2D eigenvalue weighted by molar-refractivity contribution is 0.181. The van der Waals surface area contributed by atoms with E-state index in [1.807, 2.05) is 6.92 Å². The zero-order valence-corrected chi connectivity index (χ0v) is 9.80. The lowest BCUT2D eigenvalue weighted by Gasteiger charge is -2.35. The Morgan fingerprint density at radius 3 is 2.64 bits per heavy atom. The molecule has 2 N–H and O–H groups in total. The van der Waals surface area contributed by atoms with Crippen LogP contribution in [0.15, 0.2) is 12.4 Å². The van der Waals surface area contributed by atoms with E-state index in [2.05, 4.69) is 30.6 Å². The number of nitrogens with zero attached hydrogens (tertiary/aromatic N) is 1. The summed E-state index contributed by atoms with van der Waals surface area (Å²) in [7, 11) is 0. The molecule has 1 rings (SSSR count). The van der Waals surface area contributed by atoms with Gasteiger partial charge in [0.1, 0.15) is 0 Å². The Kier molecular flexibility index (Phi) is 3.32. The van der Waals surface area contributed by atoms with Crippen LogP contribution in [-0.4, -0.2) is 33.7 Å². The summed E-state index contributed by atoms with van der Waals surface area (Å²) in [6, 6.07) is 0. The first-order valence-electron chi connectivity index (χ1n) is 4.88. The van der Waals surface area contributed by atoms with Crippen molar-refractivity contribution in [3.8, 4) is 0 Å². The van der Waals surface area contributed by atoms with Crippen molar-refractivity contribution in [3.63, 3.8) is 0 Å². The highest BCUT2D eigenvalue weighted by molar-refractivity contribution is 6.20. The molecule has 2 unspecified atom stereocenters. The van der Waals surface area contributed by atoms with Gasteiger partial charge in [-0.1, -0.05) is 18.2 Å². The molecule has 0 radical (unpaired) electrons. The van der Waals surface area contributed by atoms with Crippen molar-refractivity contribution < 1.29 is 5.11 Å². The first-order valence-corrected chi connectivity index (χ1v) is 5.32. The highest BCUT2D eigenvalue weighted by Gasteiger charge is 2.38. The second-order valence-corrected chi connectivity index (χ2v) is 5.14. The fourth-order valence-electron chi connectivity index (χ4n) is 1.99. The largest absolute Gasteiger partial charge is 0.391 e. The molecule has 1 fully saturated rings. The van der Waals surface area contributed by atoms with Gasteiger partial charge in [0, 0.05) is 12.1 Å². The highest BCUT2D eigenvalue weighted by Crippen LogP contribution is 2.30. The van der Waals surface area contributed by atoms with Gasteiger partial charge >= 0.3 is 0 Å². The summed E-state index contributed by atoms with van der Waals surface area (Å²) in [5.41, 5.74) is -0.189. The Morgan fingerprint density at radius 2 is 2.29 bits per heavy atom. The predicted octanol–water partition coefficient (Wildman–Crippen LogP) is 1.48.